The number of benzene rings is 3. The minimum atomic E-state index is -0.673. The molecule has 0 saturated carbocycles. The van der Waals surface area contributed by atoms with Gasteiger partial charge in [0.05, 0.1) is 32.4 Å². The minimum Gasteiger partial charge on any atom is -0.457 e. The molecule has 0 saturated heterocycles. The van der Waals surface area contributed by atoms with E-state index in [1.807, 2.05) is 0 Å². The summed E-state index contributed by atoms with van der Waals surface area (Å²) < 4.78 is 5.37. The van der Waals surface area contributed by atoms with Crippen LogP contribution >= 0.6 is 34.8 Å². The molecule has 0 fully saturated rings. The molecule has 5 nitrogen and oxygen atoms in total. The van der Waals surface area contributed by atoms with Gasteiger partial charge in [0.15, 0.2) is 0 Å². The van der Waals surface area contributed by atoms with Crippen LogP contribution in [-0.4, -0.2) is 17.8 Å². The second kappa shape index (κ2) is 8.11. The SMILES string of the molecule is O=C(OCc1ccc(Cl)cc1)c1ccccc1N1C(=O)c2cc(Cl)c(Cl)cc2C1=O. The van der Waals surface area contributed by atoms with Crippen molar-refractivity contribution in [1.29, 1.82) is 0 Å². The summed E-state index contributed by atoms with van der Waals surface area (Å²) >= 11 is 17.8. The lowest BCUT2D eigenvalue weighted by molar-refractivity contribution is 0.0474. The number of amides is 2. The number of anilines is 1. The normalized spacial score (nSPS) is 12.8. The van der Waals surface area contributed by atoms with Gasteiger partial charge in [-0.1, -0.05) is 59.1 Å². The van der Waals surface area contributed by atoms with E-state index in [4.69, 9.17) is 39.5 Å². The predicted octanol–water partition coefficient (Wildman–Crippen LogP) is 5.80. The van der Waals surface area contributed by atoms with Gasteiger partial charge in [-0.15, -0.1) is 0 Å². The van der Waals surface area contributed by atoms with Gasteiger partial charge in [0.2, 0.25) is 0 Å². The van der Waals surface area contributed by atoms with E-state index in [2.05, 4.69) is 0 Å². The average Bonchev–Trinajstić information content (AvgIpc) is 2.97. The van der Waals surface area contributed by atoms with E-state index in [-0.39, 0.29) is 39.0 Å². The number of hydrogen-bond donors (Lipinski definition) is 0. The summed E-state index contributed by atoms with van der Waals surface area (Å²) in [7, 11) is 0. The Hall–Kier alpha value is -2.86. The molecule has 2 amide bonds. The third kappa shape index (κ3) is 3.67. The Morgan fingerprint density at radius 2 is 1.40 bits per heavy atom. The first kappa shape index (κ1) is 20.4. The Kier molecular flexibility index (Phi) is 5.52. The van der Waals surface area contributed by atoms with Crippen molar-refractivity contribution in [3.8, 4) is 0 Å². The number of imide groups is 1. The maximum Gasteiger partial charge on any atom is 0.340 e. The van der Waals surface area contributed by atoms with Crippen molar-refractivity contribution in [3.05, 3.63) is 98.0 Å². The fourth-order valence-electron chi connectivity index (χ4n) is 3.10. The standard InChI is InChI=1S/C22H12Cl3NO4/c23-13-7-5-12(6-8-13)11-30-22(29)14-3-1-2-4-19(14)26-20(27)15-9-17(24)18(25)10-16(15)21(26)28/h1-10H,11H2. The number of fused-ring (bicyclic) bond motifs is 1. The van der Waals surface area contributed by atoms with Crippen LogP contribution in [0.4, 0.5) is 5.69 Å². The van der Waals surface area contributed by atoms with Gasteiger partial charge in [0.25, 0.3) is 11.8 Å². The zero-order chi connectivity index (χ0) is 21.4. The number of ether oxygens (including phenoxy) is 1. The zero-order valence-corrected chi connectivity index (χ0v) is 17.5. The topological polar surface area (TPSA) is 63.7 Å². The highest BCUT2D eigenvalue weighted by Crippen LogP contribution is 2.35. The molecule has 0 atom stereocenters. The first-order valence-corrected chi connectivity index (χ1v) is 9.88. The van der Waals surface area contributed by atoms with Crippen molar-refractivity contribution >= 4 is 58.3 Å². The van der Waals surface area contributed by atoms with E-state index in [9.17, 15) is 14.4 Å². The quantitative estimate of drug-likeness (QED) is 0.364. The van der Waals surface area contributed by atoms with Gasteiger partial charge in [-0.2, -0.15) is 0 Å². The summed E-state index contributed by atoms with van der Waals surface area (Å²) in [6, 6.07) is 15.8. The van der Waals surface area contributed by atoms with Crippen molar-refractivity contribution in [2.45, 2.75) is 6.61 Å². The molecule has 30 heavy (non-hydrogen) atoms. The van der Waals surface area contributed by atoms with Crippen molar-refractivity contribution in [2.24, 2.45) is 0 Å². The van der Waals surface area contributed by atoms with Crippen LogP contribution in [0.2, 0.25) is 15.1 Å². The lowest BCUT2D eigenvalue weighted by Crippen LogP contribution is -2.31. The molecular formula is C22H12Cl3NO4. The molecule has 0 aliphatic carbocycles. The number of para-hydroxylation sites is 1. The second-order valence-electron chi connectivity index (χ2n) is 6.48. The lowest BCUT2D eigenvalue weighted by Gasteiger charge is -2.17. The molecule has 0 bridgehead atoms. The minimum absolute atomic E-state index is 0.0116. The molecule has 1 aliphatic rings. The molecule has 8 heteroatoms. The second-order valence-corrected chi connectivity index (χ2v) is 7.73. The van der Waals surface area contributed by atoms with Crippen LogP contribution in [0.3, 0.4) is 0 Å². The Balaban J connectivity index is 1.63. The van der Waals surface area contributed by atoms with E-state index < -0.39 is 17.8 Å². The monoisotopic (exact) mass is 459 g/mol. The van der Waals surface area contributed by atoms with Gasteiger partial charge < -0.3 is 4.74 Å². The predicted molar refractivity (Wildman–Crippen MR) is 115 cm³/mol. The molecule has 3 aromatic rings. The van der Waals surface area contributed by atoms with Crippen LogP contribution < -0.4 is 4.90 Å². The maximum absolute atomic E-state index is 12.9. The highest BCUT2D eigenvalue weighted by molar-refractivity contribution is 6.44. The average molecular weight is 461 g/mol. The summed E-state index contributed by atoms with van der Waals surface area (Å²) in [6.07, 6.45) is 0. The van der Waals surface area contributed by atoms with Gasteiger partial charge in [-0.05, 0) is 42.0 Å². The molecule has 0 unspecified atom stereocenters. The molecule has 1 heterocycles. The third-order valence-corrected chi connectivity index (χ3v) is 5.55. The van der Waals surface area contributed by atoms with Crippen molar-refractivity contribution < 1.29 is 19.1 Å². The van der Waals surface area contributed by atoms with Gasteiger partial charge in [-0.3, -0.25) is 9.59 Å². The Labute approximate surface area is 186 Å². The van der Waals surface area contributed by atoms with E-state index >= 15 is 0 Å². The largest absolute Gasteiger partial charge is 0.457 e. The van der Waals surface area contributed by atoms with E-state index in [0.717, 1.165) is 10.5 Å². The van der Waals surface area contributed by atoms with Crippen molar-refractivity contribution in [2.75, 3.05) is 4.90 Å². The Morgan fingerprint density at radius 1 is 0.833 bits per heavy atom. The highest BCUT2D eigenvalue weighted by Gasteiger charge is 2.39. The maximum atomic E-state index is 12.9. The van der Waals surface area contributed by atoms with E-state index in [1.165, 1.54) is 24.3 Å². The van der Waals surface area contributed by atoms with Gasteiger partial charge in [0, 0.05) is 5.02 Å². The van der Waals surface area contributed by atoms with Gasteiger partial charge >= 0.3 is 5.97 Å². The lowest BCUT2D eigenvalue weighted by atomic mass is 10.1. The number of rotatable bonds is 4. The van der Waals surface area contributed by atoms with Crippen LogP contribution in [0.1, 0.15) is 36.6 Å². The molecule has 150 valence electrons. The molecule has 0 aromatic heterocycles. The number of esters is 1. The first-order valence-electron chi connectivity index (χ1n) is 8.75. The van der Waals surface area contributed by atoms with Crippen LogP contribution in [0.15, 0.2) is 60.7 Å². The van der Waals surface area contributed by atoms with Gasteiger partial charge in [0.1, 0.15) is 6.61 Å². The number of hydrogen-bond acceptors (Lipinski definition) is 4. The summed E-state index contributed by atoms with van der Waals surface area (Å²) in [4.78, 5) is 39.4. The van der Waals surface area contributed by atoms with Crippen molar-refractivity contribution in [3.63, 3.8) is 0 Å². The Morgan fingerprint density at radius 3 is 2.00 bits per heavy atom. The molecule has 1 aliphatic heterocycles. The molecule has 0 radical (unpaired) electrons. The number of halogens is 3. The molecule has 4 rings (SSSR count). The third-order valence-electron chi connectivity index (χ3n) is 4.58. The van der Waals surface area contributed by atoms with Gasteiger partial charge in [-0.25, -0.2) is 9.69 Å². The summed E-state index contributed by atoms with van der Waals surface area (Å²) in [5.74, 6) is -1.86. The highest BCUT2D eigenvalue weighted by atomic mass is 35.5. The van der Waals surface area contributed by atoms with Crippen LogP contribution in [0, 0.1) is 0 Å². The summed E-state index contributed by atoms with van der Waals surface area (Å²) in [6.45, 7) is 0.0116. The molecule has 3 aromatic carbocycles. The van der Waals surface area contributed by atoms with Crippen molar-refractivity contribution in [1.82, 2.24) is 0 Å². The number of carbonyl (C=O) groups is 3. The molecular weight excluding hydrogens is 449 g/mol. The zero-order valence-electron chi connectivity index (χ0n) is 15.2. The molecule has 0 spiro atoms. The fourth-order valence-corrected chi connectivity index (χ4v) is 3.55. The summed E-state index contributed by atoms with van der Waals surface area (Å²) in [5, 5.41) is 0.893. The summed E-state index contributed by atoms with van der Waals surface area (Å²) in [5.41, 5.74) is 1.20. The number of carbonyl (C=O) groups excluding carboxylic acids is 3. The van der Waals surface area contributed by atoms with Crippen LogP contribution in [-0.2, 0) is 11.3 Å². The first-order chi connectivity index (χ1) is 14.4. The smallest absolute Gasteiger partial charge is 0.340 e. The fraction of sp³-hybridized carbons (Fsp3) is 0.0455. The number of nitrogens with zero attached hydrogens (tertiary/aromatic N) is 1. The van der Waals surface area contributed by atoms with E-state index in [0.29, 0.717) is 5.02 Å². The van der Waals surface area contributed by atoms with E-state index in [1.54, 1.807) is 36.4 Å². The Bertz CT molecular complexity index is 1150. The van der Waals surface area contributed by atoms with Crippen LogP contribution in [0.25, 0.3) is 0 Å². The van der Waals surface area contributed by atoms with Crippen LogP contribution in [0.5, 0.6) is 0 Å². The molecule has 0 N–H and O–H groups in total.